The minimum atomic E-state index is 0.399. The van der Waals surface area contributed by atoms with E-state index < -0.39 is 0 Å². The maximum atomic E-state index is 12.1. The number of hydrogen-bond acceptors (Lipinski definition) is 3. The molecule has 3 rings (SSSR count). The predicted octanol–water partition coefficient (Wildman–Crippen LogP) is 0.824. The van der Waals surface area contributed by atoms with Crippen LogP contribution in [-0.4, -0.2) is 60.5 Å². The fraction of sp³-hybridized carbons (Fsp3) is 0.929. The standard InChI is InChI=1S/C14H25N3O/c1-15-10-11-5-2-3-7-16(11)13-9-14(18)17-8-4-6-12(13)17/h11-13,15H,2-10H2,1H3. The van der Waals surface area contributed by atoms with Gasteiger partial charge in [-0.2, -0.15) is 0 Å². The van der Waals surface area contributed by atoms with Gasteiger partial charge in [0.1, 0.15) is 0 Å². The van der Waals surface area contributed by atoms with Crippen LogP contribution in [-0.2, 0) is 4.79 Å². The highest BCUT2D eigenvalue weighted by Gasteiger charge is 2.46. The maximum absolute atomic E-state index is 12.1. The van der Waals surface area contributed by atoms with Gasteiger partial charge in [0.25, 0.3) is 0 Å². The number of likely N-dealkylation sites (N-methyl/N-ethyl adjacent to an activating group) is 1. The second-order valence-electron chi connectivity index (χ2n) is 6.01. The summed E-state index contributed by atoms with van der Waals surface area (Å²) >= 11 is 0. The molecule has 4 nitrogen and oxygen atoms in total. The van der Waals surface area contributed by atoms with E-state index in [0.717, 1.165) is 19.5 Å². The van der Waals surface area contributed by atoms with Crippen molar-refractivity contribution in [3.05, 3.63) is 0 Å². The molecule has 18 heavy (non-hydrogen) atoms. The maximum Gasteiger partial charge on any atom is 0.224 e. The lowest BCUT2D eigenvalue weighted by Crippen LogP contribution is -2.53. The van der Waals surface area contributed by atoms with Crippen molar-refractivity contribution in [1.82, 2.24) is 15.1 Å². The Kier molecular flexibility index (Phi) is 3.57. The number of likely N-dealkylation sites (tertiary alicyclic amines) is 1. The number of piperidine rings is 1. The average Bonchev–Trinajstić information content (AvgIpc) is 2.95. The molecular weight excluding hydrogens is 226 g/mol. The van der Waals surface area contributed by atoms with Gasteiger partial charge in [0.05, 0.1) is 0 Å². The highest BCUT2D eigenvalue weighted by atomic mass is 16.2. The Balaban J connectivity index is 1.74. The van der Waals surface area contributed by atoms with Gasteiger partial charge >= 0.3 is 0 Å². The second kappa shape index (κ2) is 5.17. The molecule has 1 amide bonds. The van der Waals surface area contributed by atoms with Crippen molar-refractivity contribution in [3.63, 3.8) is 0 Å². The van der Waals surface area contributed by atoms with E-state index in [1.54, 1.807) is 0 Å². The largest absolute Gasteiger partial charge is 0.338 e. The minimum absolute atomic E-state index is 0.399. The fourth-order valence-electron chi connectivity index (χ4n) is 4.19. The molecule has 0 spiro atoms. The lowest BCUT2D eigenvalue weighted by molar-refractivity contribution is -0.127. The first-order valence-corrected chi connectivity index (χ1v) is 7.51. The van der Waals surface area contributed by atoms with Crippen molar-refractivity contribution in [2.45, 2.75) is 56.7 Å². The molecule has 3 aliphatic rings. The van der Waals surface area contributed by atoms with Crippen LogP contribution in [0.2, 0.25) is 0 Å². The third-order valence-electron chi connectivity index (χ3n) is 4.99. The molecular formula is C14H25N3O. The van der Waals surface area contributed by atoms with Crippen LogP contribution < -0.4 is 5.32 Å². The van der Waals surface area contributed by atoms with Crippen LogP contribution in [0.4, 0.5) is 0 Å². The lowest BCUT2D eigenvalue weighted by atomic mass is 9.95. The SMILES string of the molecule is CNCC1CCCCN1C1CC(=O)N2CCCC12. The van der Waals surface area contributed by atoms with Gasteiger partial charge in [-0.1, -0.05) is 6.42 Å². The molecule has 3 heterocycles. The zero-order chi connectivity index (χ0) is 12.5. The number of nitrogens with one attached hydrogen (secondary N) is 1. The Morgan fingerprint density at radius 1 is 1.17 bits per heavy atom. The number of nitrogens with zero attached hydrogens (tertiary/aromatic N) is 2. The van der Waals surface area contributed by atoms with E-state index in [9.17, 15) is 4.79 Å². The zero-order valence-corrected chi connectivity index (χ0v) is 11.4. The molecule has 0 aromatic heterocycles. The van der Waals surface area contributed by atoms with Gasteiger partial charge in [0.15, 0.2) is 0 Å². The number of hydrogen-bond donors (Lipinski definition) is 1. The van der Waals surface area contributed by atoms with Gasteiger partial charge in [-0.05, 0) is 39.3 Å². The van der Waals surface area contributed by atoms with Crippen LogP contribution in [0.1, 0.15) is 38.5 Å². The fourth-order valence-corrected chi connectivity index (χ4v) is 4.19. The van der Waals surface area contributed by atoms with Gasteiger partial charge in [0, 0.05) is 37.6 Å². The first kappa shape index (κ1) is 12.4. The van der Waals surface area contributed by atoms with E-state index in [1.165, 1.54) is 38.6 Å². The second-order valence-corrected chi connectivity index (χ2v) is 6.01. The van der Waals surface area contributed by atoms with E-state index in [4.69, 9.17) is 0 Å². The van der Waals surface area contributed by atoms with Gasteiger partial charge in [-0.25, -0.2) is 0 Å². The van der Waals surface area contributed by atoms with Crippen LogP contribution in [0.15, 0.2) is 0 Å². The molecule has 0 saturated carbocycles. The van der Waals surface area contributed by atoms with Crippen LogP contribution in [0.25, 0.3) is 0 Å². The Morgan fingerprint density at radius 3 is 2.89 bits per heavy atom. The van der Waals surface area contributed by atoms with Crippen LogP contribution in [0, 0.1) is 0 Å². The molecule has 0 bridgehead atoms. The Bertz CT molecular complexity index is 318. The molecule has 3 atom stereocenters. The third-order valence-corrected chi connectivity index (χ3v) is 4.99. The Morgan fingerprint density at radius 2 is 2.06 bits per heavy atom. The molecule has 0 radical (unpaired) electrons. The molecule has 0 aromatic rings. The summed E-state index contributed by atoms with van der Waals surface area (Å²) in [6.07, 6.45) is 7.13. The Hall–Kier alpha value is -0.610. The molecule has 3 unspecified atom stereocenters. The van der Waals surface area contributed by atoms with Gasteiger partial charge in [-0.15, -0.1) is 0 Å². The number of fused-ring (bicyclic) bond motifs is 1. The number of rotatable bonds is 3. The zero-order valence-electron chi connectivity index (χ0n) is 11.4. The number of carbonyl (C=O) groups excluding carboxylic acids is 1. The topological polar surface area (TPSA) is 35.6 Å². The van der Waals surface area contributed by atoms with E-state index in [2.05, 4.69) is 15.1 Å². The monoisotopic (exact) mass is 251 g/mol. The highest BCUT2D eigenvalue weighted by molar-refractivity contribution is 5.80. The summed E-state index contributed by atoms with van der Waals surface area (Å²) in [5.41, 5.74) is 0. The summed E-state index contributed by atoms with van der Waals surface area (Å²) in [5, 5.41) is 3.32. The van der Waals surface area contributed by atoms with E-state index in [1.807, 2.05) is 7.05 Å². The molecule has 3 saturated heterocycles. The summed E-state index contributed by atoms with van der Waals surface area (Å²) in [4.78, 5) is 16.9. The highest BCUT2D eigenvalue weighted by Crippen LogP contribution is 2.35. The van der Waals surface area contributed by atoms with E-state index >= 15 is 0 Å². The molecule has 3 aliphatic heterocycles. The summed E-state index contributed by atoms with van der Waals surface area (Å²) in [5.74, 6) is 0.399. The quantitative estimate of drug-likeness (QED) is 0.807. The van der Waals surface area contributed by atoms with Crippen LogP contribution in [0.3, 0.4) is 0 Å². The minimum Gasteiger partial charge on any atom is -0.338 e. The third kappa shape index (κ3) is 2.05. The molecule has 1 N–H and O–H groups in total. The molecule has 4 heteroatoms. The average molecular weight is 251 g/mol. The van der Waals surface area contributed by atoms with Crippen LogP contribution >= 0.6 is 0 Å². The van der Waals surface area contributed by atoms with E-state index in [0.29, 0.717) is 24.0 Å². The number of carbonyl (C=O) groups is 1. The van der Waals surface area contributed by atoms with Crippen molar-refractivity contribution in [3.8, 4) is 0 Å². The predicted molar refractivity (Wildman–Crippen MR) is 71.4 cm³/mol. The number of amides is 1. The molecule has 0 aromatic carbocycles. The van der Waals surface area contributed by atoms with Crippen molar-refractivity contribution in [1.29, 1.82) is 0 Å². The summed E-state index contributed by atoms with van der Waals surface area (Å²) in [6, 6.07) is 1.66. The van der Waals surface area contributed by atoms with Crippen molar-refractivity contribution in [2.24, 2.45) is 0 Å². The van der Waals surface area contributed by atoms with Crippen molar-refractivity contribution in [2.75, 3.05) is 26.7 Å². The molecule has 3 fully saturated rings. The van der Waals surface area contributed by atoms with Crippen molar-refractivity contribution >= 4 is 5.91 Å². The van der Waals surface area contributed by atoms with E-state index in [-0.39, 0.29) is 0 Å². The van der Waals surface area contributed by atoms with Crippen LogP contribution in [0.5, 0.6) is 0 Å². The summed E-state index contributed by atoms with van der Waals surface area (Å²) in [7, 11) is 2.04. The van der Waals surface area contributed by atoms with Crippen molar-refractivity contribution < 1.29 is 4.79 Å². The summed E-state index contributed by atoms with van der Waals surface area (Å²) < 4.78 is 0. The normalized spacial score (nSPS) is 37.3. The summed E-state index contributed by atoms with van der Waals surface area (Å²) in [6.45, 7) is 3.26. The molecule has 102 valence electrons. The first-order chi connectivity index (χ1) is 8.81. The lowest BCUT2D eigenvalue weighted by Gasteiger charge is -2.41. The Labute approximate surface area is 110 Å². The van der Waals surface area contributed by atoms with Gasteiger partial charge in [0.2, 0.25) is 5.91 Å². The molecule has 0 aliphatic carbocycles. The first-order valence-electron chi connectivity index (χ1n) is 7.51. The van der Waals surface area contributed by atoms with Gasteiger partial charge in [-0.3, -0.25) is 9.69 Å². The smallest absolute Gasteiger partial charge is 0.224 e. The van der Waals surface area contributed by atoms with Gasteiger partial charge < -0.3 is 10.2 Å².